The van der Waals surface area contributed by atoms with Crippen molar-refractivity contribution in [2.75, 3.05) is 43.4 Å². The van der Waals surface area contributed by atoms with Crippen molar-refractivity contribution in [2.45, 2.75) is 25.9 Å². The number of aryl methyl sites for hydroxylation is 1. The van der Waals surface area contributed by atoms with E-state index >= 15 is 0 Å². The molecule has 0 bridgehead atoms. The Hall–Kier alpha value is -3.46. The second-order valence-corrected chi connectivity index (χ2v) is 8.69. The first kappa shape index (κ1) is 19.2. The van der Waals surface area contributed by atoms with Gasteiger partial charge in [-0.05, 0) is 25.6 Å². The summed E-state index contributed by atoms with van der Waals surface area (Å²) in [5, 5.41) is 6.27. The van der Waals surface area contributed by atoms with Gasteiger partial charge in [0.2, 0.25) is 0 Å². The van der Waals surface area contributed by atoms with Crippen LogP contribution in [0.15, 0.2) is 30.7 Å². The highest BCUT2D eigenvalue weighted by molar-refractivity contribution is 6.05. The molecule has 0 aromatic carbocycles. The summed E-state index contributed by atoms with van der Waals surface area (Å²) >= 11 is 0. The van der Waals surface area contributed by atoms with E-state index in [1.165, 1.54) is 0 Å². The molecule has 6 heterocycles. The van der Waals surface area contributed by atoms with E-state index < -0.39 is 0 Å². The Kier molecular flexibility index (Phi) is 4.57. The van der Waals surface area contributed by atoms with Crippen LogP contribution in [0.2, 0.25) is 0 Å². The number of anilines is 3. The molecular weight excluding hydrogens is 404 g/mol. The number of imidazole rings is 1. The van der Waals surface area contributed by atoms with Crippen molar-refractivity contribution in [3.05, 3.63) is 47.7 Å². The van der Waals surface area contributed by atoms with Crippen molar-refractivity contribution in [1.82, 2.24) is 29.7 Å². The summed E-state index contributed by atoms with van der Waals surface area (Å²) in [4.78, 5) is 31.3. The van der Waals surface area contributed by atoms with E-state index in [2.05, 4.69) is 48.1 Å². The van der Waals surface area contributed by atoms with Crippen molar-refractivity contribution in [3.8, 4) is 11.4 Å². The number of pyridine rings is 2. The van der Waals surface area contributed by atoms with Gasteiger partial charge in [0, 0.05) is 51.3 Å². The van der Waals surface area contributed by atoms with E-state index in [1.54, 1.807) is 6.20 Å². The minimum Gasteiger partial charge on any atom is -0.368 e. The molecule has 0 saturated carbocycles. The quantitative estimate of drug-likeness (QED) is 0.654. The number of nitrogens with one attached hydrogen (secondary N) is 2. The number of carbonyl (C=O) groups excluding carboxylic acids is 1. The lowest BCUT2D eigenvalue weighted by molar-refractivity contribution is 0.0966. The summed E-state index contributed by atoms with van der Waals surface area (Å²) < 4.78 is 2.22. The van der Waals surface area contributed by atoms with Crippen LogP contribution in [0.5, 0.6) is 0 Å². The molecule has 0 aliphatic carbocycles. The molecular formula is C23H26N8O. The van der Waals surface area contributed by atoms with Crippen LogP contribution in [-0.4, -0.2) is 63.6 Å². The van der Waals surface area contributed by atoms with Crippen LogP contribution in [0, 0.1) is 0 Å². The minimum absolute atomic E-state index is 0.0821. The maximum atomic E-state index is 12.7. The Morgan fingerprint density at radius 3 is 2.69 bits per heavy atom. The number of hydrogen-bond donors (Lipinski definition) is 2. The third-order valence-electron chi connectivity index (χ3n) is 6.67. The molecule has 0 spiro atoms. The molecule has 9 heteroatoms. The molecule has 3 aliphatic heterocycles. The lowest BCUT2D eigenvalue weighted by Crippen LogP contribution is -2.44. The van der Waals surface area contributed by atoms with Gasteiger partial charge in [-0.1, -0.05) is 0 Å². The molecule has 1 saturated heterocycles. The lowest BCUT2D eigenvalue weighted by atomic mass is 10.1. The largest absolute Gasteiger partial charge is 0.368 e. The number of rotatable bonds is 4. The third-order valence-corrected chi connectivity index (χ3v) is 6.67. The SMILES string of the molecule is CN1CCN(c2ccc(Nc3cnc(-c4cnc5n4CCC5)c4c3C(=O)NC4)nc2)CC1. The number of fused-ring (bicyclic) bond motifs is 2. The molecule has 164 valence electrons. The van der Waals surface area contributed by atoms with Crippen LogP contribution in [0.25, 0.3) is 11.4 Å². The first-order chi connectivity index (χ1) is 15.7. The number of nitrogens with zero attached hydrogens (tertiary/aromatic N) is 6. The number of carbonyl (C=O) groups is 1. The van der Waals surface area contributed by atoms with Gasteiger partial charge in [-0.3, -0.25) is 9.78 Å². The topological polar surface area (TPSA) is 91.2 Å². The van der Waals surface area contributed by atoms with Gasteiger partial charge in [-0.2, -0.15) is 0 Å². The van der Waals surface area contributed by atoms with E-state index in [-0.39, 0.29) is 5.91 Å². The number of hydrogen-bond acceptors (Lipinski definition) is 7. The van der Waals surface area contributed by atoms with Gasteiger partial charge in [-0.25, -0.2) is 9.97 Å². The van der Waals surface area contributed by atoms with Crippen LogP contribution in [0.3, 0.4) is 0 Å². The Balaban J connectivity index is 1.28. The van der Waals surface area contributed by atoms with E-state index in [0.29, 0.717) is 23.6 Å². The maximum Gasteiger partial charge on any atom is 0.254 e. The lowest BCUT2D eigenvalue weighted by Gasteiger charge is -2.33. The van der Waals surface area contributed by atoms with Crippen LogP contribution >= 0.6 is 0 Å². The van der Waals surface area contributed by atoms with Crippen LogP contribution in [-0.2, 0) is 19.5 Å². The molecule has 0 radical (unpaired) electrons. The van der Waals surface area contributed by atoms with Crippen molar-refractivity contribution in [3.63, 3.8) is 0 Å². The predicted octanol–water partition coefficient (Wildman–Crippen LogP) is 2.03. The number of likely N-dealkylation sites (N-methyl/N-ethyl adjacent to an activating group) is 1. The third kappa shape index (κ3) is 3.20. The van der Waals surface area contributed by atoms with Gasteiger partial charge in [0.25, 0.3) is 5.91 Å². The predicted molar refractivity (Wildman–Crippen MR) is 122 cm³/mol. The molecule has 1 amide bonds. The highest BCUT2D eigenvalue weighted by Gasteiger charge is 2.29. The summed E-state index contributed by atoms with van der Waals surface area (Å²) in [6.45, 7) is 5.54. The summed E-state index contributed by atoms with van der Waals surface area (Å²) in [6, 6.07) is 4.04. The fraction of sp³-hybridized carbons (Fsp3) is 0.391. The molecule has 9 nitrogen and oxygen atoms in total. The number of amides is 1. The zero-order valence-electron chi connectivity index (χ0n) is 18.1. The smallest absolute Gasteiger partial charge is 0.254 e. The summed E-state index contributed by atoms with van der Waals surface area (Å²) in [7, 11) is 2.15. The molecule has 3 aromatic heterocycles. The highest BCUT2D eigenvalue weighted by Crippen LogP contribution is 2.34. The normalized spacial score (nSPS) is 17.9. The molecule has 3 aliphatic rings. The van der Waals surface area contributed by atoms with Crippen molar-refractivity contribution in [1.29, 1.82) is 0 Å². The van der Waals surface area contributed by atoms with Gasteiger partial charge < -0.3 is 25.0 Å². The average molecular weight is 431 g/mol. The molecule has 3 aromatic rings. The van der Waals surface area contributed by atoms with Gasteiger partial charge in [-0.15, -0.1) is 0 Å². The molecule has 0 unspecified atom stereocenters. The second-order valence-electron chi connectivity index (χ2n) is 8.69. The average Bonchev–Trinajstić information content (AvgIpc) is 3.52. The molecule has 6 rings (SSSR count). The fourth-order valence-corrected chi connectivity index (χ4v) is 4.85. The number of piperazine rings is 1. The fourth-order valence-electron chi connectivity index (χ4n) is 4.85. The Bertz CT molecular complexity index is 1180. The summed E-state index contributed by atoms with van der Waals surface area (Å²) in [5.74, 6) is 1.71. The molecule has 32 heavy (non-hydrogen) atoms. The monoisotopic (exact) mass is 430 g/mol. The van der Waals surface area contributed by atoms with Crippen molar-refractivity contribution < 1.29 is 4.79 Å². The van der Waals surface area contributed by atoms with Crippen LogP contribution < -0.4 is 15.5 Å². The van der Waals surface area contributed by atoms with Crippen molar-refractivity contribution >= 4 is 23.1 Å². The Morgan fingerprint density at radius 2 is 1.88 bits per heavy atom. The van der Waals surface area contributed by atoms with Crippen molar-refractivity contribution in [2.24, 2.45) is 0 Å². The van der Waals surface area contributed by atoms with E-state index in [1.807, 2.05) is 18.5 Å². The maximum absolute atomic E-state index is 12.7. The second kappa shape index (κ2) is 7.59. The molecule has 1 fully saturated rings. The number of aromatic nitrogens is 4. The Labute approximate surface area is 186 Å². The zero-order chi connectivity index (χ0) is 21.7. The van der Waals surface area contributed by atoms with E-state index in [0.717, 1.165) is 74.0 Å². The molecule has 2 N–H and O–H groups in total. The van der Waals surface area contributed by atoms with Gasteiger partial charge >= 0.3 is 0 Å². The Morgan fingerprint density at radius 1 is 1.00 bits per heavy atom. The van der Waals surface area contributed by atoms with E-state index in [4.69, 9.17) is 4.98 Å². The minimum atomic E-state index is -0.0821. The highest BCUT2D eigenvalue weighted by atomic mass is 16.1. The first-order valence-corrected chi connectivity index (χ1v) is 11.2. The van der Waals surface area contributed by atoms with E-state index in [9.17, 15) is 4.79 Å². The summed E-state index contributed by atoms with van der Waals surface area (Å²) in [5.41, 5.74) is 5.20. The summed E-state index contributed by atoms with van der Waals surface area (Å²) in [6.07, 6.45) is 7.61. The van der Waals surface area contributed by atoms with Gasteiger partial charge in [0.05, 0.1) is 46.9 Å². The standard InChI is InChI=1S/C23H26N8O/c1-29-7-9-30(10-8-29)15-4-5-19(24-11-15)28-17-13-26-22(16-12-27-23(32)21(16)17)18-14-25-20-3-2-6-31(18)20/h4-5,11,13-14H,2-3,6-10,12H2,1H3,(H,24,28)(H,27,32). The molecule has 0 atom stereocenters. The zero-order valence-corrected chi connectivity index (χ0v) is 18.1. The van der Waals surface area contributed by atoms with Crippen LogP contribution in [0.1, 0.15) is 28.2 Å². The van der Waals surface area contributed by atoms with Gasteiger partial charge in [0.1, 0.15) is 11.6 Å². The van der Waals surface area contributed by atoms with Crippen LogP contribution in [0.4, 0.5) is 17.2 Å². The first-order valence-electron chi connectivity index (χ1n) is 11.2. The van der Waals surface area contributed by atoms with Gasteiger partial charge in [0.15, 0.2) is 0 Å².